The molecule has 1 amide bonds. The van der Waals surface area contributed by atoms with Gasteiger partial charge in [-0.1, -0.05) is 75.4 Å². The molecule has 0 N–H and O–H groups in total. The highest BCUT2D eigenvalue weighted by Crippen LogP contribution is 2.39. The second-order valence-electron chi connectivity index (χ2n) is 10.9. The molecule has 1 heterocycles. The van der Waals surface area contributed by atoms with Gasteiger partial charge in [0.2, 0.25) is 0 Å². The molecule has 190 valence electrons. The number of carbonyl (C=O) groups is 2. The summed E-state index contributed by atoms with van der Waals surface area (Å²) in [6.45, 7) is 8.84. The fourth-order valence-electron chi connectivity index (χ4n) is 5.56. The third-order valence-corrected chi connectivity index (χ3v) is 7.69. The maximum absolute atomic E-state index is 13.6. The molecule has 3 aromatic carbocycles. The molecule has 0 saturated heterocycles. The van der Waals surface area contributed by atoms with Gasteiger partial charge in [0.25, 0.3) is 5.91 Å². The molecule has 1 aromatic heterocycles. The van der Waals surface area contributed by atoms with Crippen LogP contribution in [0.4, 0.5) is 5.69 Å². The van der Waals surface area contributed by atoms with Gasteiger partial charge in [-0.25, -0.2) is 4.79 Å². The number of anilines is 1. The zero-order valence-corrected chi connectivity index (χ0v) is 22.1. The lowest BCUT2D eigenvalue weighted by molar-refractivity contribution is -0.121. The van der Waals surface area contributed by atoms with Crippen LogP contribution in [0.25, 0.3) is 21.7 Å². The van der Waals surface area contributed by atoms with E-state index in [-0.39, 0.29) is 17.9 Å². The highest BCUT2D eigenvalue weighted by Gasteiger charge is 2.33. The van der Waals surface area contributed by atoms with Crippen LogP contribution >= 0.6 is 0 Å². The van der Waals surface area contributed by atoms with E-state index in [1.807, 2.05) is 73.7 Å². The van der Waals surface area contributed by atoms with Crippen LogP contribution < -0.4 is 4.90 Å². The van der Waals surface area contributed by atoms with Crippen molar-refractivity contribution in [3.63, 3.8) is 0 Å². The SMILES string of the molecule is CCN(C(=O)COC(=O)c1c2c(nc3ccccc13)CCC(C(C)(C)C)C2)c1cccc2ccccc12. The molecule has 0 spiro atoms. The Morgan fingerprint density at radius 2 is 1.68 bits per heavy atom. The van der Waals surface area contributed by atoms with Crippen LogP contribution in [0.3, 0.4) is 0 Å². The summed E-state index contributed by atoms with van der Waals surface area (Å²) in [4.78, 5) is 33.5. The molecule has 5 rings (SSSR count). The minimum atomic E-state index is -0.452. The van der Waals surface area contributed by atoms with Crippen LogP contribution in [0.15, 0.2) is 66.7 Å². The molecule has 5 heteroatoms. The van der Waals surface area contributed by atoms with E-state index in [1.165, 1.54) is 0 Å². The predicted molar refractivity (Wildman–Crippen MR) is 149 cm³/mol. The maximum Gasteiger partial charge on any atom is 0.339 e. The van der Waals surface area contributed by atoms with Gasteiger partial charge in [-0.05, 0) is 60.6 Å². The molecule has 0 fully saturated rings. The number of amides is 1. The summed E-state index contributed by atoms with van der Waals surface area (Å²) in [5.74, 6) is -0.253. The number of benzene rings is 3. The summed E-state index contributed by atoms with van der Waals surface area (Å²) in [5, 5.41) is 2.84. The summed E-state index contributed by atoms with van der Waals surface area (Å²) >= 11 is 0. The van der Waals surface area contributed by atoms with E-state index >= 15 is 0 Å². The summed E-state index contributed by atoms with van der Waals surface area (Å²) in [5.41, 5.74) is 4.25. The van der Waals surface area contributed by atoms with Crippen molar-refractivity contribution in [2.75, 3.05) is 18.1 Å². The number of hydrogen-bond donors (Lipinski definition) is 0. The topological polar surface area (TPSA) is 59.5 Å². The second kappa shape index (κ2) is 9.97. The van der Waals surface area contributed by atoms with Gasteiger partial charge in [0.15, 0.2) is 6.61 Å². The molecule has 4 aromatic rings. The number of nitrogens with zero attached hydrogens (tertiary/aromatic N) is 2. The van der Waals surface area contributed by atoms with Crippen LogP contribution in [0.5, 0.6) is 0 Å². The van der Waals surface area contributed by atoms with Gasteiger partial charge < -0.3 is 9.64 Å². The lowest BCUT2D eigenvalue weighted by Crippen LogP contribution is -2.35. The molecule has 0 aliphatic heterocycles. The Kier molecular flexibility index (Phi) is 6.72. The zero-order chi connectivity index (χ0) is 26.2. The van der Waals surface area contributed by atoms with Crippen LogP contribution in [0, 0.1) is 11.3 Å². The van der Waals surface area contributed by atoms with Crippen molar-refractivity contribution in [2.24, 2.45) is 11.3 Å². The van der Waals surface area contributed by atoms with Crippen molar-refractivity contribution in [1.82, 2.24) is 4.98 Å². The smallest absolute Gasteiger partial charge is 0.339 e. The third kappa shape index (κ3) is 4.83. The quantitative estimate of drug-likeness (QED) is 0.288. The number of carbonyl (C=O) groups excluding carboxylic acids is 2. The number of likely N-dealkylation sites (N-methyl/N-ethyl adjacent to an activating group) is 1. The average Bonchev–Trinajstić information content (AvgIpc) is 2.90. The molecule has 0 bridgehead atoms. The third-order valence-electron chi connectivity index (χ3n) is 7.69. The first kappa shape index (κ1) is 24.9. The molecule has 5 nitrogen and oxygen atoms in total. The Labute approximate surface area is 218 Å². The molecule has 1 aliphatic carbocycles. The largest absolute Gasteiger partial charge is 0.452 e. The minimum Gasteiger partial charge on any atom is -0.452 e. The highest BCUT2D eigenvalue weighted by molar-refractivity contribution is 6.07. The van der Waals surface area contributed by atoms with Gasteiger partial charge in [0.1, 0.15) is 0 Å². The fraction of sp³-hybridized carbons (Fsp3) is 0.344. The summed E-state index contributed by atoms with van der Waals surface area (Å²) in [7, 11) is 0. The van der Waals surface area contributed by atoms with Gasteiger partial charge in [0.05, 0.1) is 16.8 Å². The molecule has 0 saturated carbocycles. The Hall–Kier alpha value is -3.73. The van der Waals surface area contributed by atoms with Crippen molar-refractivity contribution >= 4 is 39.2 Å². The van der Waals surface area contributed by atoms with Crippen molar-refractivity contribution < 1.29 is 14.3 Å². The van der Waals surface area contributed by atoms with Crippen LogP contribution in [0.1, 0.15) is 55.7 Å². The van der Waals surface area contributed by atoms with Crippen LogP contribution in [0.2, 0.25) is 0 Å². The monoisotopic (exact) mass is 494 g/mol. The number of rotatable bonds is 5. The van der Waals surface area contributed by atoms with Crippen LogP contribution in [-0.2, 0) is 22.4 Å². The molecule has 1 atom stereocenters. The fourth-order valence-corrected chi connectivity index (χ4v) is 5.56. The molecule has 0 radical (unpaired) electrons. The standard InChI is InChI=1S/C32H34N2O3/c1-5-34(28-16-10-12-21-11-6-7-13-23(21)28)29(35)20-37-31(36)30-24-14-8-9-15-26(24)33-27-18-17-22(19-25(27)30)32(2,3)4/h6-16,22H,5,17-20H2,1-4H3. The van der Waals surface area contributed by atoms with Gasteiger partial charge in [-0.3, -0.25) is 9.78 Å². The first-order valence-corrected chi connectivity index (χ1v) is 13.1. The number of hydrogen-bond acceptors (Lipinski definition) is 4. The van der Waals surface area contributed by atoms with Gasteiger partial charge in [-0.2, -0.15) is 0 Å². The maximum atomic E-state index is 13.6. The normalized spacial score (nSPS) is 15.4. The number of aromatic nitrogens is 1. The van der Waals surface area contributed by atoms with Crippen LogP contribution in [-0.4, -0.2) is 30.0 Å². The number of pyridine rings is 1. The number of ether oxygens (including phenoxy) is 1. The molecule has 1 unspecified atom stereocenters. The van der Waals surface area contributed by atoms with Gasteiger partial charge in [0, 0.05) is 23.0 Å². The van der Waals surface area contributed by atoms with Crippen molar-refractivity contribution in [3.05, 3.63) is 83.6 Å². The number of esters is 1. The van der Waals surface area contributed by atoms with E-state index in [0.717, 1.165) is 57.9 Å². The average molecular weight is 495 g/mol. The molecular formula is C32H34N2O3. The number of aryl methyl sites for hydroxylation is 1. The Morgan fingerprint density at radius 3 is 2.43 bits per heavy atom. The first-order chi connectivity index (χ1) is 17.8. The Bertz CT molecular complexity index is 1480. The number of fused-ring (bicyclic) bond motifs is 3. The number of para-hydroxylation sites is 1. The second-order valence-corrected chi connectivity index (χ2v) is 10.9. The summed E-state index contributed by atoms with van der Waals surface area (Å²) < 4.78 is 5.74. The summed E-state index contributed by atoms with van der Waals surface area (Å²) in [6, 6.07) is 21.6. The molecule has 37 heavy (non-hydrogen) atoms. The van der Waals surface area contributed by atoms with E-state index in [0.29, 0.717) is 18.0 Å². The van der Waals surface area contributed by atoms with Gasteiger partial charge in [-0.15, -0.1) is 0 Å². The highest BCUT2D eigenvalue weighted by atomic mass is 16.5. The predicted octanol–water partition coefficient (Wildman–Crippen LogP) is 6.75. The molecular weight excluding hydrogens is 460 g/mol. The Morgan fingerprint density at radius 1 is 0.973 bits per heavy atom. The van der Waals surface area contributed by atoms with Crippen molar-refractivity contribution in [2.45, 2.75) is 47.0 Å². The first-order valence-electron chi connectivity index (χ1n) is 13.1. The van der Waals surface area contributed by atoms with E-state index in [9.17, 15) is 9.59 Å². The van der Waals surface area contributed by atoms with Gasteiger partial charge >= 0.3 is 5.97 Å². The minimum absolute atomic E-state index is 0.126. The van der Waals surface area contributed by atoms with Crippen molar-refractivity contribution in [3.8, 4) is 0 Å². The lowest BCUT2D eigenvalue weighted by Gasteiger charge is -2.35. The Balaban J connectivity index is 1.44. The van der Waals surface area contributed by atoms with E-state index in [4.69, 9.17) is 9.72 Å². The lowest BCUT2D eigenvalue weighted by atomic mass is 9.70. The molecule has 1 aliphatic rings. The van der Waals surface area contributed by atoms with E-state index < -0.39 is 5.97 Å². The summed E-state index contributed by atoms with van der Waals surface area (Å²) in [6.07, 6.45) is 2.67. The van der Waals surface area contributed by atoms with E-state index in [2.05, 4.69) is 20.8 Å². The zero-order valence-electron chi connectivity index (χ0n) is 22.1. The van der Waals surface area contributed by atoms with Crippen molar-refractivity contribution in [1.29, 1.82) is 0 Å². The van der Waals surface area contributed by atoms with E-state index in [1.54, 1.807) is 4.90 Å².